The summed E-state index contributed by atoms with van der Waals surface area (Å²) >= 11 is 6.14. The van der Waals surface area contributed by atoms with E-state index in [9.17, 15) is 0 Å². The van der Waals surface area contributed by atoms with Gasteiger partial charge in [-0.05, 0) is 18.6 Å². The molecular weight excluding hydrogens is 234 g/mol. The first-order valence-corrected chi connectivity index (χ1v) is 5.87. The van der Waals surface area contributed by atoms with Gasteiger partial charge in [0.15, 0.2) is 0 Å². The van der Waals surface area contributed by atoms with Gasteiger partial charge in [-0.25, -0.2) is 9.97 Å². The van der Waals surface area contributed by atoms with Crippen molar-refractivity contribution in [2.75, 3.05) is 0 Å². The fourth-order valence-corrected chi connectivity index (χ4v) is 1.93. The highest BCUT2D eigenvalue weighted by molar-refractivity contribution is 6.31. The molecule has 1 heterocycles. The van der Waals surface area contributed by atoms with Gasteiger partial charge in [0.25, 0.3) is 0 Å². The van der Waals surface area contributed by atoms with E-state index < -0.39 is 0 Å². The first-order valence-electron chi connectivity index (χ1n) is 5.49. The largest absolute Gasteiger partial charge is 0.306 e. The lowest BCUT2D eigenvalue weighted by molar-refractivity contribution is 0.573. The highest BCUT2D eigenvalue weighted by Crippen LogP contribution is 2.22. The maximum Gasteiger partial charge on any atom is 0.115 e. The number of rotatable bonds is 4. The number of nitrogens with zero attached hydrogens (tertiary/aromatic N) is 2. The zero-order valence-corrected chi connectivity index (χ0v) is 10.4. The van der Waals surface area contributed by atoms with Gasteiger partial charge >= 0.3 is 0 Å². The molecule has 2 aromatic rings. The van der Waals surface area contributed by atoms with Crippen LogP contribution in [0, 0.1) is 0 Å². The van der Waals surface area contributed by atoms with Crippen LogP contribution in [0.4, 0.5) is 0 Å². The van der Waals surface area contributed by atoms with E-state index in [1.54, 1.807) is 12.4 Å². The van der Waals surface area contributed by atoms with Gasteiger partial charge < -0.3 is 5.32 Å². The summed E-state index contributed by atoms with van der Waals surface area (Å²) in [7, 11) is 0. The molecule has 1 N–H and O–H groups in total. The number of benzene rings is 1. The molecule has 0 spiro atoms. The third kappa shape index (κ3) is 3.25. The van der Waals surface area contributed by atoms with Crippen molar-refractivity contribution in [2.24, 2.45) is 0 Å². The molecule has 0 aliphatic heterocycles. The second-order valence-corrected chi connectivity index (χ2v) is 4.28. The summed E-state index contributed by atoms with van der Waals surface area (Å²) < 4.78 is 0. The van der Waals surface area contributed by atoms with E-state index in [1.165, 1.54) is 6.33 Å². The molecule has 2 rings (SSSR count). The van der Waals surface area contributed by atoms with E-state index in [0.29, 0.717) is 0 Å². The molecule has 0 aliphatic carbocycles. The summed E-state index contributed by atoms with van der Waals surface area (Å²) in [5.74, 6) is 0. The Balaban J connectivity index is 1.99. The summed E-state index contributed by atoms with van der Waals surface area (Å²) in [6, 6.07) is 8.06. The van der Waals surface area contributed by atoms with Crippen molar-refractivity contribution in [2.45, 2.75) is 19.5 Å². The Kier molecular flexibility index (Phi) is 4.07. The molecule has 0 radical (unpaired) electrons. The molecule has 1 aromatic carbocycles. The Hall–Kier alpha value is -1.45. The summed E-state index contributed by atoms with van der Waals surface area (Å²) in [5.41, 5.74) is 2.16. The third-order valence-electron chi connectivity index (χ3n) is 2.60. The predicted octanol–water partition coefficient (Wildman–Crippen LogP) is 2.98. The van der Waals surface area contributed by atoms with Crippen LogP contribution in [0.25, 0.3) is 0 Å². The molecule has 17 heavy (non-hydrogen) atoms. The van der Waals surface area contributed by atoms with Crippen LogP contribution in [0.1, 0.15) is 24.1 Å². The summed E-state index contributed by atoms with van der Waals surface area (Å²) in [4.78, 5) is 7.95. The normalized spacial score (nSPS) is 12.4. The summed E-state index contributed by atoms with van der Waals surface area (Å²) in [6.07, 6.45) is 5.14. The molecule has 0 saturated carbocycles. The molecule has 0 aliphatic rings. The van der Waals surface area contributed by atoms with Crippen LogP contribution in [-0.4, -0.2) is 9.97 Å². The SMILES string of the molecule is C[C@@H](NCc1cncnc1)c1ccccc1Cl. The van der Waals surface area contributed by atoms with Gasteiger partial charge in [0, 0.05) is 35.6 Å². The summed E-state index contributed by atoms with van der Waals surface area (Å²) in [5, 5.41) is 4.18. The minimum atomic E-state index is 0.198. The van der Waals surface area contributed by atoms with Crippen molar-refractivity contribution in [3.8, 4) is 0 Å². The van der Waals surface area contributed by atoms with Crippen LogP contribution < -0.4 is 5.32 Å². The Morgan fingerprint density at radius 2 is 1.94 bits per heavy atom. The Labute approximate surface area is 106 Å². The van der Waals surface area contributed by atoms with Crippen molar-refractivity contribution in [3.63, 3.8) is 0 Å². The number of halogens is 1. The zero-order valence-electron chi connectivity index (χ0n) is 9.60. The molecule has 0 bridgehead atoms. The zero-order chi connectivity index (χ0) is 12.1. The lowest BCUT2D eigenvalue weighted by Gasteiger charge is -2.15. The van der Waals surface area contributed by atoms with Gasteiger partial charge in [0.05, 0.1) is 0 Å². The maximum atomic E-state index is 6.14. The van der Waals surface area contributed by atoms with Gasteiger partial charge in [-0.15, -0.1) is 0 Å². The van der Waals surface area contributed by atoms with E-state index in [0.717, 1.165) is 22.7 Å². The molecule has 0 amide bonds. The van der Waals surface area contributed by atoms with Gasteiger partial charge in [-0.1, -0.05) is 29.8 Å². The lowest BCUT2D eigenvalue weighted by atomic mass is 10.1. The standard InChI is InChI=1S/C13H14ClN3/c1-10(12-4-2-3-5-13(12)14)17-8-11-6-15-9-16-7-11/h2-7,9-10,17H,8H2,1H3/t10-/m1/s1. The molecule has 1 aromatic heterocycles. The van der Waals surface area contributed by atoms with Crippen LogP contribution in [0.2, 0.25) is 5.02 Å². The second-order valence-electron chi connectivity index (χ2n) is 3.87. The topological polar surface area (TPSA) is 37.8 Å². The average molecular weight is 248 g/mol. The number of nitrogens with one attached hydrogen (secondary N) is 1. The molecular formula is C13H14ClN3. The van der Waals surface area contributed by atoms with Crippen molar-refractivity contribution < 1.29 is 0 Å². The molecule has 1 atom stereocenters. The van der Waals surface area contributed by atoms with Crippen molar-refractivity contribution >= 4 is 11.6 Å². The highest BCUT2D eigenvalue weighted by atomic mass is 35.5. The van der Waals surface area contributed by atoms with Crippen LogP contribution in [0.5, 0.6) is 0 Å². The Morgan fingerprint density at radius 3 is 2.65 bits per heavy atom. The number of hydrogen-bond donors (Lipinski definition) is 1. The van der Waals surface area contributed by atoms with Crippen LogP contribution >= 0.6 is 11.6 Å². The Morgan fingerprint density at radius 1 is 1.24 bits per heavy atom. The Bertz CT molecular complexity index is 473. The maximum absolute atomic E-state index is 6.14. The van der Waals surface area contributed by atoms with Crippen LogP contribution in [0.15, 0.2) is 43.0 Å². The first kappa shape index (κ1) is 12.0. The van der Waals surface area contributed by atoms with E-state index >= 15 is 0 Å². The molecule has 88 valence electrons. The predicted molar refractivity (Wildman–Crippen MR) is 68.7 cm³/mol. The first-order chi connectivity index (χ1) is 8.27. The number of hydrogen-bond acceptors (Lipinski definition) is 3. The van der Waals surface area contributed by atoms with E-state index in [4.69, 9.17) is 11.6 Å². The van der Waals surface area contributed by atoms with Crippen molar-refractivity contribution in [3.05, 3.63) is 59.1 Å². The van der Waals surface area contributed by atoms with Crippen molar-refractivity contribution in [1.29, 1.82) is 0 Å². The fourth-order valence-electron chi connectivity index (χ4n) is 1.63. The second kappa shape index (κ2) is 5.75. The van der Waals surface area contributed by atoms with Gasteiger partial charge in [0.2, 0.25) is 0 Å². The molecule has 4 heteroatoms. The minimum Gasteiger partial charge on any atom is -0.306 e. The monoisotopic (exact) mass is 247 g/mol. The molecule has 3 nitrogen and oxygen atoms in total. The van der Waals surface area contributed by atoms with E-state index in [2.05, 4.69) is 22.2 Å². The molecule has 0 unspecified atom stereocenters. The average Bonchev–Trinajstić information content (AvgIpc) is 2.38. The number of aromatic nitrogens is 2. The quantitative estimate of drug-likeness (QED) is 0.903. The van der Waals surface area contributed by atoms with E-state index in [-0.39, 0.29) is 6.04 Å². The fraction of sp³-hybridized carbons (Fsp3) is 0.231. The minimum absolute atomic E-state index is 0.198. The van der Waals surface area contributed by atoms with Crippen molar-refractivity contribution in [1.82, 2.24) is 15.3 Å². The third-order valence-corrected chi connectivity index (χ3v) is 2.94. The highest BCUT2D eigenvalue weighted by Gasteiger charge is 2.08. The molecule has 0 fully saturated rings. The molecule has 0 saturated heterocycles. The summed E-state index contributed by atoms with van der Waals surface area (Å²) in [6.45, 7) is 2.82. The van der Waals surface area contributed by atoms with Gasteiger partial charge in [-0.3, -0.25) is 0 Å². The van der Waals surface area contributed by atoms with E-state index in [1.807, 2.05) is 24.3 Å². The smallest absolute Gasteiger partial charge is 0.115 e. The lowest BCUT2D eigenvalue weighted by Crippen LogP contribution is -2.18. The van der Waals surface area contributed by atoms with Gasteiger partial charge in [-0.2, -0.15) is 0 Å². The van der Waals surface area contributed by atoms with Crippen LogP contribution in [0.3, 0.4) is 0 Å². The van der Waals surface area contributed by atoms with Crippen LogP contribution in [-0.2, 0) is 6.54 Å². The van der Waals surface area contributed by atoms with Gasteiger partial charge in [0.1, 0.15) is 6.33 Å².